The zero-order valence-electron chi connectivity index (χ0n) is 19.1. The molecule has 0 spiro atoms. The number of piperazine rings is 1. The van der Waals surface area contributed by atoms with E-state index in [0.29, 0.717) is 37.6 Å². The van der Waals surface area contributed by atoms with E-state index >= 15 is 0 Å². The number of amides is 1. The third-order valence-electron chi connectivity index (χ3n) is 5.95. The lowest BCUT2D eigenvalue weighted by atomic mass is 10.0. The van der Waals surface area contributed by atoms with Crippen molar-refractivity contribution in [2.24, 2.45) is 0 Å². The fourth-order valence-corrected chi connectivity index (χ4v) is 4.05. The number of carbonyl (C=O) groups is 1. The molecule has 4 aromatic rings. The second-order valence-corrected chi connectivity index (χ2v) is 8.34. The maximum absolute atomic E-state index is 13.0. The number of anilines is 3. The Morgan fingerprint density at radius 3 is 2.21 bits per heavy atom. The van der Waals surface area contributed by atoms with Gasteiger partial charge < -0.3 is 15.1 Å². The van der Waals surface area contributed by atoms with Gasteiger partial charge in [-0.1, -0.05) is 42.5 Å². The van der Waals surface area contributed by atoms with Gasteiger partial charge in [-0.3, -0.25) is 4.79 Å². The summed E-state index contributed by atoms with van der Waals surface area (Å²) in [7, 11) is 0. The predicted molar refractivity (Wildman–Crippen MR) is 134 cm³/mol. The van der Waals surface area contributed by atoms with Crippen molar-refractivity contribution in [1.82, 2.24) is 20.1 Å². The summed E-state index contributed by atoms with van der Waals surface area (Å²) in [6, 6.07) is 25.8. The van der Waals surface area contributed by atoms with E-state index in [1.54, 1.807) is 6.20 Å². The van der Waals surface area contributed by atoms with Crippen LogP contribution in [0.3, 0.4) is 0 Å². The van der Waals surface area contributed by atoms with Gasteiger partial charge in [0.05, 0.1) is 0 Å². The number of pyridine rings is 1. The van der Waals surface area contributed by atoms with Crippen molar-refractivity contribution in [3.05, 3.63) is 96.2 Å². The first-order chi connectivity index (χ1) is 16.7. The Morgan fingerprint density at radius 2 is 1.53 bits per heavy atom. The summed E-state index contributed by atoms with van der Waals surface area (Å²) in [5.41, 5.74) is 4.10. The Hall–Kier alpha value is -4.26. The fraction of sp³-hybridized carbons (Fsp3) is 0.185. The van der Waals surface area contributed by atoms with Crippen LogP contribution in [0.15, 0.2) is 85.1 Å². The van der Waals surface area contributed by atoms with Crippen molar-refractivity contribution < 1.29 is 4.79 Å². The second kappa shape index (κ2) is 9.70. The molecule has 0 saturated carbocycles. The standard InChI is InChI=1S/C27H26N6O/c1-20-13-14-28-25(19-20)29-24-11-12-26(31-30-24)32-15-17-33(18-16-32)27(34)23-9-7-22(8-10-23)21-5-3-2-4-6-21/h2-14,19H,15-18H2,1H3,(H,28,29,30). The van der Waals surface area contributed by atoms with E-state index in [-0.39, 0.29) is 5.91 Å². The Labute approximate surface area is 199 Å². The number of hydrogen-bond acceptors (Lipinski definition) is 6. The predicted octanol–water partition coefficient (Wildman–Crippen LogP) is 4.55. The molecule has 1 saturated heterocycles. The van der Waals surface area contributed by atoms with Crippen LogP contribution in [-0.2, 0) is 0 Å². The summed E-state index contributed by atoms with van der Waals surface area (Å²) in [4.78, 5) is 21.3. The largest absolute Gasteiger partial charge is 0.352 e. The lowest BCUT2D eigenvalue weighted by Crippen LogP contribution is -2.49. The molecular weight excluding hydrogens is 424 g/mol. The van der Waals surface area contributed by atoms with Gasteiger partial charge in [-0.05, 0) is 60.0 Å². The average Bonchev–Trinajstić information content (AvgIpc) is 2.89. The van der Waals surface area contributed by atoms with Crippen LogP contribution in [0.2, 0.25) is 0 Å². The zero-order valence-corrected chi connectivity index (χ0v) is 19.1. The number of aromatic nitrogens is 3. The number of nitrogens with zero attached hydrogens (tertiary/aromatic N) is 5. The van der Waals surface area contributed by atoms with Gasteiger partial charge in [-0.25, -0.2) is 4.98 Å². The van der Waals surface area contributed by atoms with Gasteiger partial charge in [0.15, 0.2) is 11.6 Å². The van der Waals surface area contributed by atoms with Gasteiger partial charge in [-0.2, -0.15) is 0 Å². The van der Waals surface area contributed by atoms with Gasteiger partial charge >= 0.3 is 0 Å². The summed E-state index contributed by atoms with van der Waals surface area (Å²) in [6.45, 7) is 4.75. The molecule has 1 aliphatic heterocycles. The molecule has 2 aromatic heterocycles. The Balaban J connectivity index is 1.17. The van der Waals surface area contributed by atoms with E-state index in [4.69, 9.17) is 0 Å². The molecule has 1 fully saturated rings. The van der Waals surface area contributed by atoms with E-state index in [0.717, 1.165) is 28.3 Å². The zero-order chi connectivity index (χ0) is 23.3. The van der Waals surface area contributed by atoms with Crippen molar-refractivity contribution in [2.45, 2.75) is 6.92 Å². The van der Waals surface area contributed by atoms with Crippen LogP contribution in [0.1, 0.15) is 15.9 Å². The van der Waals surface area contributed by atoms with Crippen LogP contribution < -0.4 is 10.2 Å². The topological polar surface area (TPSA) is 74.2 Å². The number of rotatable bonds is 5. The minimum absolute atomic E-state index is 0.0653. The van der Waals surface area contributed by atoms with E-state index in [2.05, 4.69) is 37.5 Å². The maximum Gasteiger partial charge on any atom is 0.253 e. The highest BCUT2D eigenvalue weighted by atomic mass is 16.2. The minimum Gasteiger partial charge on any atom is -0.352 e. The third-order valence-corrected chi connectivity index (χ3v) is 5.95. The Morgan fingerprint density at radius 1 is 0.794 bits per heavy atom. The molecule has 34 heavy (non-hydrogen) atoms. The normalized spacial score (nSPS) is 13.6. The van der Waals surface area contributed by atoms with Crippen molar-refractivity contribution in [3.63, 3.8) is 0 Å². The molecule has 7 heteroatoms. The third kappa shape index (κ3) is 4.88. The number of benzene rings is 2. The monoisotopic (exact) mass is 450 g/mol. The van der Waals surface area contributed by atoms with E-state index in [9.17, 15) is 4.79 Å². The average molecular weight is 451 g/mol. The summed E-state index contributed by atoms with van der Waals surface area (Å²) in [5, 5.41) is 11.8. The Kier molecular flexibility index (Phi) is 6.16. The smallest absolute Gasteiger partial charge is 0.253 e. The van der Waals surface area contributed by atoms with Gasteiger partial charge in [-0.15, -0.1) is 10.2 Å². The van der Waals surface area contributed by atoms with E-state index < -0.39 is 0 Å². The molecule has 0 radical (unpaired) electrons. The highest BCUT2D eigenvalue weighted by Crippen LogP contribution is 2.21. The van der Waals surface area contributed by atoms with Crippen molar-refractivity contribution >= 4 is 23.4 Å². The lowest BCUT2D eigenvalue weighted by Gasteiger charge is -2.35. The van der Waals surface area contributed by atoms with E-state index in [1.165, 1.54) is 0 Å². The van der Waals surface area contributed by atoms with Crippen LogP contribution in [0.25, 0.3) is 11.1 Å². The number of hydrogen-bond donors (Lipinski definition) is 1. The van der Waals surface area contributed by atoms with E-state index in [1.807, 2.05) is 78.6 Å². The first-order valence-electron chi connectivity index (χ1n) is 11.4. The van der Waals surface area contributed by atoms with Gasteiger partial charge in [0.2, 0.25) is 0 Å². The van der Waals surface area contributed by atoms with Crippen LogP contribution >= 0.6 is 0 Å². The summed E-state index contributed by atoms with van der Waals surface area (Å²) in [5.74, 6) is 2.26. The molecule has 5 rings (SSSR count). The second-order valence-electron chi connectivity index (χ2n) is 8.34. The maximum atomic E-state index is 13.0. The molecule has 1 amide bonds. The highest BCUT2D eigenvalue weighted by Gasteiger charge is 2.23. The number of aryl methyl sites for hydroxylation is 1. The molecule has 170 valence electrons. The minimum atomic E-state index is 0.0653. The molecule has 7 nitrogen and oxygen atoms in total. The summed E-state index contributed by atoms with van der Waals surface area (Å²) in [6.07, 6.45) is 1.76. The quantitative estimate of drug-likeness (QED) is 0.481. The summed E-state index contributed by atoms with van der Waals surface area (Å²) < 4.78 is 0. The molecule has 0 unspecified atom stereocenters. The summed E-state index contributed by atoms with van der Waals surface area (Å²) >= 11 is 0. The van der Waals surface area contributed by atoms with Crippen LogP contribution in [0, 0.1) is 6.92 Å². The van der Waals surface area contributed by atoms with Crippen molar-refractivity contribution in [3.8, 4) is 11.1 Å². The lowest BCUT2D eigenvalue weighted by molar-refractivity contribution is 0.0746. The first-order valence-corrected chi connectivity index (χ1v) is 11.4. The molecular formula is C27H26N6O. The first kappa shape index (κ1) is 21.6. The van der Waals surface area contributed by atoms with Crippen molar-refractivity contribution in [1.29, 1.82) is 0 Å². The van der Waals surface area contributed by atoms with Gasteiger partial charge in [0, 0.05) is 37.9 Å². The highest BCUT2D eigenvalue weighted by molar-refractivity contribution is 5.95. The molecule has 0 atom stereocenters. The van der Waals surface area contributed by atoms with Crippen molar-refractivity contribution in [2.75, 3.05) is 36.4 Å². The number of nitrogens with one attached hydrogen (secondary N) is 1. The Bertz CT molecular complexity index is 1250. The SMILES string of the molecule is Cc1ccnc(Nc2ccc(N3CCN(C(=O)c4ccc(-c5ccccc5)cc4)CC3)nn2)c1. The van der Waals surface area contributed by atoms with Gasteiger partial charge in [0.25, 0.3) is 5.91 Å². The molecule has 1 aliphatic rings. The fourth-order valence-electron chi connectivity index (χ4n) is 4.05. The molecule has 2 aromatic carbocycles. The number of carbonyl (C=O) groups excluding carboxylic acids is 1. The molecule has 3 heterocycles. The molecule has 0 bridgehead atoms. The van der Waals surface area contributed by atoms with Crippen LogP contribution in [0.5, 0.6) is 0 Å². The molecule has 0 aliphatic carbocycles. The molecule has 1 N–H and O–H groups in total. The van der Waals surface area contributed by atoms with Crippen LogP contribution in [0.4, 0.5) is 17.5 Å². The van der Waals surface area contributed by atoms with Gasteiger partial charge in [0.1, 0.15) is 5.82 Å². The van der Waals surface area contributed by atoms with Crippen LogP contribution in [-0.4, -0.2) is 52.2 Å².